The van der Waals surface area contributed by atoms with Crippen LogP contribution in [0.3, 0.4) is 0 Å². The van der Waals surface area contributed by atoms with Crippen LogP contribution in [-0.4, -0.2) is 42.3 Å². The second-order valence-corrected chi connectivity index (χ2v) is 5.23. The van der Waals surface area contributed by atoms with Gasteiger partial charge in [-0.2, -0.15) is 0 Å². The van der Waals surface area contributed by atoms with E-state index in [-0.39, 0.29) is 6.10 Å². The van der Waals surface area contributed by atoms with Gasteiger partial charge >= 0.3 is 0 Å². The van der Waals surface area contributed by atoms with Gasteiger partial charge in [0, 0.05) is 20.2 Å². The predicted molar refractivity (Wildman–Crippen MR) is 76.1 cm³/mol. The number of nitrogens with zero attached hydrogens (tertiary/aromatic N) is 3. The first-order chi connectivity index (χ1) is 8.65. The summed E-state index contributed by atoms with van der Waals surface area (Å²) in [5, 5.41) is 3.22. The number of halogens is 1. The first-order valence-corrected chi connectivity index (χ1v) is 7.03. The molecule has 1 saturated heterocycles. The minimum atomic E-state index is 0.236. The van der Waals surface area contributed by atoms with Gasteiger partial charge in [0.2, 0.25) is 0 Å². The maximum Gasteiger partial charge on any atom is 0.148 e. The van der Waals surface area contributed by atoms with Crippen molar-refractivity contribution in [3.8, 4) is 0 Å². The van der Waals surface area contributed by atoms with Gasteiger partial charge in [-0.3, -0.25) is 0 Å². The summed E-state index contributed by atoms with van der Waals surface area (Å²) in [5.74, 6) is 1.74. The molecule has 1 aromatic heterocycles. The largest absolute Gasteiger partial charge is 0.376 e. The van der Waals surface area contributed by atoms with E-state index in [0.29, 0.717) is 6.04 Å². The molecule has 2 atom stereocenters. The highest BCUT2D eigenvalue weighted by Crippen LogP contribution is 2.32. The molecule has 0 aromatic carbocycles. The predicted octanol–water partition coefficient (Wildman–Crippen LogP) is 2.28. The lowest BCUT2D eigenvalue weighted by Crippen LogP contribution is -2.37. The lowest BCUT2D eigenvalue weighted by atomic mass is 10.1. The Morgan fingerprint density at radius 1 is 1.56 bits per heavy atom. The maximum absolute atomic E-state index is 5.61. The van der Waals surface area contributed by atoms with Gasteiger partial charge < -0.3 is 15.0 Å². The molecule has 0 aliphatic carbocycles. The Morgan fingerprint density at radius 2 is 2.33 bits per heavy atom. The summed E-state index contributed by atoms with van der Waals surface area (Å²) in [6.07, 6.45) is 2.86. The highest BCUT2D eigenvalue weighted by molar-refractivity contribution is 9.10. The summed E-state index contributed by atoms with van der Waals surface area (Å²) in [6.45, 7) is 5.81. The van der Waals surface area contributed by atoms with Crippen LogP contribution in [0.5, 0.6) is 0 Å². The second kappa shape index (κ2) is 5.84. The molecule has 1 aliphatic rings. The van der Waals surface area contributed by atoms with Gasteiger partial charge in [0.1, 0.15) is 22.4 Å². The molecule has 0 radical (unpaired) electrons. The summed E-state index contributed by atoms with van der Waals surface area (Å²) in [6, 6.07) is 0.366. The Kier molecular flexibility index (Phi) is 4.40. The number of ether oxygens (including phenoxy) is 1. The van der Waals surface area contributed by atoms with E-state index in [1.807, 2.05) is 6.92 Å². The van der Waals surface area contributed by atoms with Crippen LogP contribution in [-0.2, 0) is 4.74 Å². The van der Waals surface area contributed by atoms with E-state index in [4.69, 9.17) is 4.74 Å². The fourth-order valence-corrected chi connectivity index (χ4v) is 2.91. The van der Waals surface area contributed by atoms with Crippen LogP contribution in [0.15, 0.2) is 10.8 Å². The average molecular weight is 315 g/mol. The first-order valence-electron chi connectivity index (χ1n) is 6.24. The molecule has 0 amide bonds. The van der Waals surface area contributed by atoms with Crippen molar-refractivity contribution in [3.05, 3.63) is 10.8 Å². The van der Waals surface area contributed by atoms with Crippen LogP contribution in [0.4, 0.5) is 11.6 Å². The van der Waals surface area contributed by atoms with Gasteiger partial charge in [-0.25, -0.2) is 9.97 Å². The van der Waals surface area contributed by atoms with Gasteiger partial charge in [-0.05, 0) is 36.2 Å². The fourth-order valence-electron chi connectivity index (χ4n) is 2.28. The topological polar surface area (TPSA) is 50.3 Å². The maximum atomic E-state index is 5.61. The van der Waals surface area contributed by atoms with Crippen molar-refractivity contribution in [2.24, 2.45) is 0 Å². The molecule has 1 N–H and O–H groups in total. The Morgan fingerprint density at radius 3 is 2.94 bits per heavy atom. The van der Waals surface area contributed by atoms with Gasteiger partial charge in [-0.1, -0.05) is 0 Å². The quantitative estimate of drug-likeness (QED) is 0.924. The summed E-state index contributed by atoms with van der Waals surface area (Å²) in [4.78, 5) is 10.8. The van der Waals surface area contributed by atoms with Crippen LogP contribution >= 0.6 is 15.9 Å². The van der Waals surface area contributed by atoms with E-state index in [2.05, 4.69) is 50.1 Å². The van der Waals surface area contributed by atoms with Crippen molar-refractivity contribution in [1.82, 2.24) is 9.97 Å². The summed E-state index contributed by atoms with van der Waals surface area (Å²) in [5.41, 5.74) is 0. The third kappa shape index (κ3) is 2.59. The molecule has 2 unspecified atom stereocenters. The van der Waals surface area contributed by atoms with Crippen LogP contribution in [0.2, 0.25) is 0 Å². The molecule has 1 aromatic rings. The zero-order valence-corrected chi connectivity index (χ0v) is 12.6. The average Bonchev–Trinajstić information content (AvgIpc) is 2.78. The molecular formula is C12H19BrN4O. The Labute approximate surface area is 116 Å². The van der Waals surface area contributed by atoms with Crippen LogP contribution in [0, 0.1) is 0 Å². The standard InChI is InChI=1S/C12H19BrN4O/c1-4-14-11-10(13)12(16-7-15-11)17(3)9-5-6-18-8(9)2/h7-9H,4-6H2,1-3H3,(H,14,15,16). The van der Waals surface area contributed by atoms with Gasteiger partial charge in [-0.15, -0.1) is 0 Å². The highest BCUT2D eigenvalue weighted by Gasteiger charge is 2.30. The highest BCUT2D eigenvalue weighted by atomic mass is 79.9. The minimum Gasteiger partial charge on any atom is -0.376 e. The molecule has 0 spiro atoms. The van der Waals surface area contributed by atoms with E-state index in [0.717, 1.165) is 35.7 Å². The van der Waals surface area contributed by atoms with E-state index in [9.17, 15) is 0 Å². The number of rotatable bonds is 4. The van der Waals surface area contributed by atoms with Crippen molar-refractivity contribution in [2.75, 3.05) is 30.4 Å². The number of likely N-dealkylation sites (N-methyl/N-ethyl adjacent to an activating group) is 1. The van der Waals surface area contributed by atoms with Crippen LogP contribution in [0.1, 0.15) is 20.3 Å². The van der Waals surface area contributed by atoms with E-state index in [1.54, 1.807) is 6.33 Å². The van der Waals surface area contributed by atoms with Crippen molar-refractivity contribution in [2.45, 2.75) is 32.4 Å². The summed E-state index contributed by atoms with van der Waals surface area (Å²) in [7, 11) is 2.05. The van der Waals surface area contributed by atoms with Crippen molar-refractivity contribution < 1.29 is 4.74 Å². The number of aromatic nitrogens is 2. The fraction of sp³-hybridized carbons (Fsp3) is 0.667. The third-order valence-corrected chi connectivity index (χ3v) is 4.01. The summed E-state index contributed by atoms with van der Waals surface area (Å²) >= 11 is 3.58. The Balaban J connectivity index is 2.24. The lowest BCUT2D eigenvalue weighted by molar-refractivity contribution is 0.118. The lowest BCUT2D eigenvalue weighted by Gasteiger charge is -2.28. The molecule has 0 bridgehead atoms. The van der Waals surface area contributed by atoms with E-state index >= 15 is 0 Å². The number of nitrogens with one attached hydrogen (secondary N) is 1. The van der Waals surface area contributed by atoms with Crippen molar-refractivity contribution in [1.29, 1.82) is 0 Å². The normalized spacial score (nSPS) is 23.1. The van der Waals surface area contributed by atoms with Crippen LogP contribution < -0.4 is 10.2 Å². The Bertz CT molecular complexity index is 415. The Hall–Kier alpha value is -0.880. The number of anilines is 2. The second-order valence-electron chi connectivity index (χ2n) is 4.43. The first kappa shape index (κ1) is 13.5. The van der Waals surface area contributed by atoms with Crippen molar-refractivity contribution in [3.63, 3.8) is 0 Å². The van der Waals surface area contributed by atoms with E-state index in [1.165, 1.54) is 0 Å². The molecular weight excluding hydrogens is 296 g/mol. The zero-order chi connectivity index (χ0) is 13.1. The summed E-state index contributed by atoms with van der Waals surface area (Å²) < 4.78 is 6.52. The van der Waals surface area contributed by atoms with E-state index < -0.39 is 0 Å². The molecule has 100 valence electrons. The zero-order valence-electron chi connectivity index (χ0n) is 11.0. The molecule has 2 heterocycles. The van der Waals surface area contributed by atoms with Gasteiger partial charge in [0.05, 0.1) is 12.1 Å². The van der Waals surface area contributed by atoms with Crippen molar-refractivity contribution >= 4 is 27.6 Å². The monoisotopic (exact) mass is 314 g/mol. The molecule has 2 rings (SSSR count). The van der Waals surface area contributed by atoms with Crippen LogP contribution in [0.25, 0.3) is 0 Å². The molecule has 6 heteroatoms. The molecule has 18 heavy (non-hydrogen) atoms. The van der Waals surface area contributed by atoms with Gasteiger partial charge in [0.25, 0.3) is 0 Å². The molecule has 0 saturated carbocycles. The minimum absolute atomic E-state index is 0.236. The molecule has 5 nitrogen and oxygen atoms in total. The van der Waals surface area contributed by atoms with Gasteiger partial charge in [0.15, 0.2) is 0 Å². The SMILES string of the molecule is CCNc1ncnc(N(C)C2CCOC2C)c1Br. The third-order valence-electron chi connectivity index (χ3n) is 3.28. The number of hydrogen-bond donors (Lipinski definition) is 1. The molecule has 1 aliphatic heterocycles. The molecule has 1 fully saturated rings. The smallest absolute Gasteiger partial charge is 0.148 e. The number of hydrogen-bond acceptors (Lipinski definition) is 5.